The third-order valence-corrected chi connectivity index (χ3v) is 2.02. The summed E-state index contributed by atoms with van der Waals surface area (Å²) in [5.74, 6) is 0.698. The zero-order valence-corrected chi connectivity index (χ0v) is 10.8. The molecule has 1 rings (SSSR count). The first-order valence-corrected chi connectivity index (χ1v) is 7.27. The molecule has 0 heterocycles. The molecule has 0 aromatic heterocycles. The molecule has 0 bridgehead atoms. The van der Waals surface area contributed by atoms with Gasteiger partial charge in [-0.3, -0.25) is 0 Å². The quantitative estimate of drug-likeness (QED) is 0.658. The lowest BCUT2D eigenvalue weighted by Gasteiger charge is -2.02. The van der Waals surface area contributed by atoms with E-state index in [9.17, 15) is 5.11 Å². The summed E-state index contributed by atoms with van der Waals surface area (Å²) in [7, 11) is 1.19. The number of hydrogen-bond acceptors (Lipinski definition) is 3. The van der Waals surface area contributed by atoms with Crippen LogP contribution >= 0.6 is 30.4 Å². The summed E-state index contributed by atoms with van der Waals surface area (Å²) in [6.07, 6.45) is 0. The Morgan fingerprint density at radius 2 is 2.00 bits per heavy atom. The highest BCUT2D eigenvalue weighted by molar-refractivity contribution is 14.2. The molecule has 1 aromatic rings. The molecule has 74 valence electrons. The molecule has 0 spiro atoms. The van der Waals surface area contributed by atoms with Gasteiger partial charge in [-0.2, -0.15) is 0 Å². The maximum Gasteiger partial charge on any atom is 0.180 e. The van der Waals surface area contributed by atoms with Crippen LogP contribution in [0.15, 0.2) is 18.2 Å². The molecular formula is C9H13IO2S. The molecular weight excluding hydrogens is 299 g/mol. The van der Waals surface area contributed by atoms with Gasteiger partial charge >= 0.3 is 0 Å². The molecule has 2 nitrogen and oxygen atoms in total. The molecule has 0 aliphatic heterocycles. The SMILES string of the molecule is CC.Cc1ccc(O)c(OSI)c1. The summed E-state index contributed by atoms with van der Waals surface area (Å²) in [4.78, 5) is 0. The van der Waals surface area contributed by atoms with E-state index in [1.807, 2.05) is 48.0 Å². The summed E-state index contributed by atoms with van der Waals surface area (Å²) < 4.78 is 5.07. The Kier molecular flexibility index (Phi) is 7.26. The molecule has 13 heavy (non-hydrogen) atoms. The standard InChI is InChI=1S/C7H7IO2S.C2H6/c1-5-2-3-6(9)7(4-5)10-11-8;1-2/h2-4,9H,1H3;1-2H3. The summed E-state index contributed by atoms with van der Waals surface area (Å²) in [6.45, 7) is 5.95. The molecule has 0 amide bonds. The third-order valence-electron chi connectivity index (χ3n) is 1.24. The van der Waals surface area contributed by atoms with Crippen molar-refractivity contribution in [1.29, 1.82) is 0 Å². The summed E-state index contributed by atoms with van der Waals surface area (Å²) >= 11 is 2.00. The first-order chi connectivity index (χ1) is 6.24. The largest absolute Gasteiger partial charge is 0.504 e. The Bertz CT molecular complexity index is 253. The van der Waals surface area contributed by atoms with Crippen molar-refractivity contribution in [2.24, 2.45) is 0 Å². The first-order valence-electron chi connectivity index (χ1n) is 3.99. The maximum absolute atomic E-state index is 9.22. The van der Waals surface area contributed by atoms with Crippen molar-refractivity contribution < 1.29 is 9.29 Å². The molecule has 0 aliphatic rings. The van der Waals surface area contributed by atoms with Crippen LogP contribution in [-0.2, 0) is 0 Å². The van der Waals surface area contributed by atoms with Crippen LogP contribution in [0.1, 0.15) is 19.4 Å². The van der Waals surface area contributed by atoms with E-state index in [-0.39, 0.29) is 5.75 Å². The Morgan fingerprint density at radius 1 is 1.38 bits per heavy atom. The van der Waals surface area contributed by atoms with Crippen LogP contribution in [0.5, 0.6) is 11.5 Å². The number of benzene rings is 1. The molecule has 1 N–H and O–H groups in total. The van der Waals surface area contributed by atoms with E-state index in [4.69, 9.17) is 4.18 Å². The average Bonchev–Trinajstić information content (AvgIpc) is 2.15. The van der Waals surface area contributed by atoms with E-state index in [0.717, 1.165) is 5.56 Å². The summed E-state index contributed by atoms with van der Waals surface area (Å²) in [5.41, 5.74) is 1.07. The van der Waals surface area contributed by atoms with Crippen molar-refractivity contribution in [2.45, 2.75) is 20.8 Å². The molecule has 0 radical (unpaired) electrons. The van der Waals surface area contributed by atoms with Gasteiger partial charge < -0.3 is 9.29 Å². The second kappa shape index (κ2) is 7.32. The number of aromatic hydroxyl groups is 1. The molecule has 0 saturated carbocycles. The lowest BCUT2D eigenvalue weighted by atomic mass is 10.2. The van der Waals surface area contributed by atoms with E-state index in [2.05, 4.69) is 0 Å². The monoisotopic (exact) mass is 312 g/mol. The van der Waals surface area contributed by atoms with Gasteiger partial charge in [0.15, 0.2) is 11.5 Å². The van der Waals surface area contributed by atoms with Gasteiger partial charge in [0.25, 0.3) is 0 Å². The molecule has 0 aliphatic carbocycles. The minimum atomic E-state index is 0.180. The first kappa shape index (κ1) is 12.9. The fraction of sp³-hybridized carbons (Fsp3) is 0.333. The Labute approximate surface area is 95.5 Å². The normalized spacial score (nSPS) is 8.62. The van der Waals surface area contributed by atoms with Gasteiger partial charge in [0.2, 0.25) is 0 Å². The van der Waals surface area contributed by atoms with Gasteiger partial charge in [0.1, 0.15) is 9.21 Å². The van der Waals surface area contributed by atoms with Gasteiger partial charge in [0, 0.05) is 21.2 Å². The van der Waals surface area contributed by atoms with Gasteiger partial charge in [0.05, 0.1) is 0 Å². The topological polar surface area (TPSA) is 29.5 Å². The van der Waals surface area contributed by atoms with E-state index in [1.54, 1.807) is 12.1 Å². The number of hydrogen-bond donors (Lipinski definition) is 1. The molecule has 0 unspecified atom stereocenters. The van der Waals surface area contributed by atoms with Crippen LogP contribution < -0.4 is 4.18 Å². The van der Waals surface area contributed by atoms with Crippen molar-refractivity contribution >= 4 is 30.4 Å². The van der Waals surface area contributed by atoms with Crippen molar-refractivity contribution in [2.75, 3.05) is 0 Å². The highest BCUT2D eigenvalue weighted by Crippen LogP contribution is 2.31. The van der Waals surface area contributed by atoms with Gasteiger partial charge in [-0.25, -0.2) is 0 Å². The zero-order valence-electron chi connectivity index (χ0n) is 7.87. The Hall–Kier alpha value is -0.100. The van der Waals surface area contributed by atoms with Crippen LogP contribution in [0, 0.1) is 6.92 Å². The lowest BCUT2D eigenvalue weighted by molar-refractivity contribution is 0.451. The van der Waals surface area contributed by atoms with E-state index in [1.165, 1.54) is 9.21 Å². The molecule has 0 saturated heterocycles. The van der Waals surface area contributed by atoms with Crippen molar-refractivity contribution in [3.8, 4) is 11.5 Å². The van der Waals surface area contributed by atoms with E-state index in [0.29, 0.717) is 5.75 Å². The van der Waals surface area contributed by atoms with Crippen molar-refractivity contribution in [3.05, 3.63) is 23.8 Å². The third kappa shape index (κ3) is 4.61. The van der Waals surface area contributed by atoms with Gasteiger partial charge in [-0.15, -0.1) is 0 Å². The number of phenols is 1. The van der Waals surface area contributed by atoms with Crippen LogP contribution in [0.3, 0.4) is 0 Å². The minimum absolute atomic E-state index is 0.180. The second-order valence-corrected chi connectivity index (χ2v) is 3.49. The molecule has 4 heteroatoms. The maximum atomic E-state index is 9.22. The number of phenolic OH excluding ortho intramolecular Hbond substituents is 1. The number of aryl methyl sites for hydroxylation is 1. The number of halogens is 1. The minimum Gasteiger partial charge on any atom is -0.504 e. The fourth-order valence-electron chi connectivity index (χ4n) is 0.722. The van der Waals surface area contributed by atoms with Crippen molar-refractivity contribution in [3.63, 3.8) is 0 Å². The van der Waals surface area contributed by atoms with E-state index >= 15 is 0 Å². The molecule has 0 fully saturated rings. The van der Waals surface area contributed by atoms with E-state index < -0.39 is 0 Å². The lowest BCUT2D eigenvalue weighted by Crippen LogP contribution is -1.79. The summed E-state index contributed by atoms with van der Waals surface area (Å²) in [6, 6.07) is 5.25. The molecule has 1 aromatic carbocycles. The van der Waals surface area contributed by atoms with Crippen LogP contribution in [0.2, 0.25) is 0 Å². The predicted octanol–water partition coefficient (Wildman–Crippen LogP) is 4.10. The Morgan fingerprint density at radius 3 is 2.54 bits per heavy atom. The smallest absolute Gasteiger partial charge is 0.180 e. The van der Waals surface area contributed by atoms with Crippen molar-refractivity contribution in [1.82, 2.24) is 0 Å². The highest BCUT2D eigenvalue weighted by Gasteiger charge is 2.01. The van der Waals surface area contributed by atoms with Crippen LogP contribution in [-0.4, -0.2) is 5.11 Å². The van der Waals surface area contributed by atoms with Gasteiger partial charge in [-0.05, 0) is 24.6 Å². The predicted molar refractivity (Wildman–Crippen MR) is 66.4 cm³/mol. The van der Waals surface area contributed by atoms with Gasteiger partial charge in [-0.1, -0.05) is 19.9 Å². The van der Waals surface area contributed by atoms with Crippen LogP contribution in [0.25, 0.3) is 0 Å². The fourth-order valence-corrected chi connectivity index (χ4v) is 1.50. The zero-order chi connectivity index (χ0) is 10.3. The average molecular weight is 312 g/mol. The van der Waals surface area contributed by atoms with Crippen LogP contribution in [0.4, 0.5) is 0 Å². The Balaban J connectivity index is 0.000000671. The summed E-state index contributed by atoms with van der Waals surface area (Å²) in [5, 5.41) is 9.22. The number of rotatable bonds is 2. The second-order valence-electron chi connectivity index (χ2n) is 2.12. The highest BCUT2D eigenvalue weighted by atomic mass is 127. The molecule has 0 atom stereocenters.